The molecular weight excluding hydrogens is 224 g/mol. The van der Waals surface area contributed by atoms with Gasteiger partial charge >= 0.3 is 0 Å². The van der Waals surface area contributed by atoms with Crippen molar-refractivity contribution in [3.8, 4) is 5.75 Å². The molecule has 2 rings (SSSR count). The maximum absolute atomic E-state index is 9.20. The highest BCUT2D eigenvalue weighted by Crippen LogP contribution is 2.12. The molecule has 3 nitrogen and oxygen atoms in total. The molecule has 0 aliphatic carbocycles. The van der Waals surface area contributed by atoms with Crippen LogP contribution in [0.5, 0.6) is 5.75 Å². The molecule has 0 spiro atoms. The molecular formula is C15H18N2O. The number of pyridine rings is 1. The number of phenols is 1. The summed E-state index contributed by atoms with van der Waals surface area (Å²) in [6.07, 6.45) is 4.58. The van der Waals surface area contributed by atoms with Crippen LogP contribution in [0.2, 0.25) is 0 Å². The van der Waals surface area contributed by atoms with Gasteiger partial charge in [0.05, 0.1) is 0 Å². The van der Waals surface area contributed by atoms with Gasteiger partial charge in [-0.3, -0.25) is 4.98 Å². The number of rotatable bonds is 5. The summed E-state index contributed by atoms with van der Waals surface area (Å²) < 4.78 is 0. The summed E-state index contributed by atoms with van der Waals surface area (Å²) in [5, 5.41) is 12.7. The first-order valence-electron chi connectivity index (χ1n) is 6.17. The highest BCUT2D eigenvalue weighted by Gasteiger charge is 2.03. The minimum Gasteiger partial charge on any atom is -0.508 e. The molecule has 0 saturated carbocycles. The lowest BCUT2D eigenvalue weighted by atomic mass is 10.1. The SMILES string of the molecule is CC(NCCc1ccc(O)cc1)c1ccncc1. The van der Waals surface area contributed by atoms with Gasteiger partial charge in [-0.1, -0.05) is 12.1 Å². The minimum atomic E-state index is 0.317. The smallest absolute Gasteiger partial charge is 0.115 e. The highest BCUT2D eigenvalue weighted by molar-refractivity contribution is 5.26. The van der Waals surface area contributed by atoms with Crippen LogP contribution in [-0.4, -0.2) is 16.6 Å². The van der Waals surface area contributed by atoms with E-state index >= 15 is 0 Å². The number of aromatic nitrogens is 1. The largest absolute Gasteiger partial charge is 0.508 e. The molecule has 1 aromatic carbocycles. The fourth-order valence-electron chi connectivity index (χ4n) is 1.87. The Hall–Kier alpha value is -1.87. The number of nitrogens with zero attached hydrogens (tertiary/aromatic N) is 1. The van der Waals surface area contributed by atoms with Gasteiger partial charge in [-0.05, 0) is 55.3 Å². The molecule has 3 heteroatoms. The molecule has 1 aromatic heterocycles. The molecule has 1 heterocycles. The Morgan fingerprint density at radius 1 is 1.11 bits per heavy atom. The van der Waals surface area contributed by atoms with Gasteiger partial charge in [-0.15, -0.1) is 0 Å². The van der Waals surface area contributed by atoms with E-state index in [-0.39, 0.29) is 0 Å². The maximum atomic E-state index is 9.20. The lowest BCUT2D eigenvalue weighted by Gasteiger charge is -2.13. The molecule has 18 heavy (non-hydrogen) atoms. The summed E-state index contributed by atoms with van der Waals surface area (Å²) in [6, 6.07) is 11.7. The van der Waals surface area contributed by atoms with Crippen LogP contribution in [0.3, 0.4) is 0 Å². The summed E-state index contributed by atoms with van der Waals surface area (Å²) in [5.41, 5.74) is 2.47. The molecule has 0 amide bonds. The summed E-state index contributed by atoms with van der Waals surface area (Å²) in [6.45, 7) is 3.06. The van der Waals surface area contributed by atoms with E-state index in [1.165, 1.54) is 11.1 Å². The van der Waals surface area contributed by atoms with Crippen molar-refractivity contribution in [3.63, 3.8) is 0 Å². The van der Waals surface area contributed by atoms with E-state index in [2.05, 4.69) is 17.2 Å². The van der Waals surface area contributed by atoms with E-state index in [1.807, 2.05) is 36.7 Å². The molecule has 0 aliphatic rings. The van der Waals surface area contributed by atoms with Crippen molar-refractivity contribution in [2.75, 3.05) is 6.54 Å². The Bertz CT molecular complexity index is 468. The normalized spacial score (nSPS) is 12.3. The van der Waals surface area contributed by atoms with Crippen molar-refractivity contribution in [1.29, 1.82) is 0 Å². The molecule has 0 bridgehead atoms. The third-order valence-electron chi connectivity index (χ3n) is 3.01. The number of hydrogen-bond acceptors (Lipinski definition) is 3. The average molecular weight is 242 g/mol. The van der Waals surface area contributed by atoms with Crippen LogP contribution < -0.4 is 5.32 Å². The zero-order valence-electron chi connectivity index (χ0n) is 10.5. The van der Waals surface area contributed by atoms with E-state index in [0.717, 1.165) is 13.0 Å². The Morgan fingerprint density at radius 2 is 1.78 bits per heavy atom. The second-order valence-corrected chi connectivity index (χ2v) is 4.37. The average Bonchev–Trinajstić information content (AvgIpc) is 2.42. The Labute approximate surface area is 108 Å². The summed E-state index contributed by atoms with van der Waals surface area (Å²) >= 11 is 0. The predicted octanol–water partition coefficient (Wildman–Crippen LogP) is 2.68. The van der Waals surface area contributed by atoms with Gasteiger partial charge < -0.3 is 10.4 Å². The number of benzene rings is 1. The van der Waals surface area contributed by atoms with Gasteiger partial charge in [0.25, 0.3) is 0 Å². The maximum Gasteiger partial charge on any atom is 0.115 e. The van der Waals surface area contributed by atoms with E-state index < -0.39 is 0 Å². The lowest BCUT2D eigenvalue weighted by molar-refractivity contribution is 0.475. The summed E-state index contributed by atoms with van der Waals surface area (Å²) in [7, 11) is 0. The third-order valence-corrected chi connectivity index (χ3v) is 3.01. The van der Waals surface area contributed by atoms with Crippen LogP contribution in [0.4, 0.5) is 0 Å². The topological polar surface area (TPSA) is 45.1 Å². The van der Waals surface area contributed by atoms with E-state index in [1.54, 1.807) is 12.1 Å². The Morgan fingerprint density at radius 3 is 2.44 bits per heavy atom. The van der Waals surface area contributed by atoms with Crippen LogP contribution in [0.1, 0.15) is 24.1 Å². The third kappa shape index (κ3) is 3.57. The van der Waals surface area contributed by atoms with Crippen molar-refractivity contribution in [2.45, 2.75) is 19.4 Å². The first kappa shape index (κ1) is 12.6. The Balaban J connectivity index is 1.80. The molecule has 2 aromatic rings. The molecule has 0 fully saturated rings. The van der Waals surface area contributed by atoms with Crippen molar-refractivity contribution in [1.82, 2.24) is 10.3 Å². The minimum absolute atomic E-state index is 0.317. The van der Waals surface area contributed by atoms with Crippen molar-refractivity contribution >= 4 is 0 Å². The number of nitrogens with one attached hydrogen (secondary N) is 1. The van der Waals surface area contributed by atoms with Crippen LogP contribution in [0, 0.1) is 0 Å². The first-order valence-corrected chi connectivity index (χ1v) is 6.17. The lowest BCUT2D eigenvalue weighted by Crippen LogP contribution is -2.21. The summed E-state index contributed by atoms with van der Waals surface area (Å²) in [5.74, 6) is 0.317. The predicted molar refractivity (Wildman–Crippen MR) is 72.5 cm³/mol. The molecule has 1 unspecified atom stereocenters. The Kier molecular flexibility index (Phi) is 4.31. The zero-order chi connectivity index (χ0) is 12.8. The molecule has 0 radical (unpaired) electrons. The van der Waals surface area contributed by atoms with Crippen LogP contribution in [0.25, 0.3) is 0 Å². The van der Waals surface area contributed by atoms with E-state index in [4.69, 9.17) is 0 Å². The zero-order valence-corrected chi connectivity index (χ0v) is 10.5. The molecule has 1 atom stereocenters. The van der Waals surface area contributed by atoms with Gasteiger partial charge in [0.2, 0.25) is 0 Å². The van der Waals surface area contributed by atoms with Gasteiger partial charge in [0.15, 0.2) is 0 Å². The van der Waals surface area contributed by atoms with Crippen molar-refractivity contribution in [3.05, 3.63) is 59.9 Å². The fraction of sp³-hybridized carbons (Fsp3) is 0.267. The first-order chi connectivity index (χ1) is 8.75. The number of hydrogen-bond donors (Lipinski definition) is 2. The fourth-order valence-corrected chi connectivity index (χ4v) is 1.87. The van der Waals surface area contributed by atoms with Gasteiger partial charge in [0.1, 0.15) is 5.75 Å². The van der Waals surface area contributed by atoms with Crippen LogP contribution in [0.15, 0.2) is 48.8 Å². The molecule has 94 valence electrons. The van der Waals surface area contributed by atoms with Crippen molar-refractivity contribution in [2.24, 2.45) is 0 Å². The van der Waals surface area contributed by atoms with Crippen LogP contribution >= 0.6 is 0 Å². The van der Waals surface area contributed by atoms with Gasteiger partial charge in [-0.25, -0.2) is 0 Å². The van der Waals surface area contributed by atoms with Crippen molar-refractivity contribution < 1.29 is 5.11 Å². The standard InChI is InChI=1S/C15H18N2O/c1-12(14-7-9-16-10-8-14)17-11-6-13-2-4-15(18)5-3-13/h2-5,7-10,12,17-18H,6,11H2,1H3. The quantitative estimate of drug-likeness (QED) is 0.847. The van der Waals surface area contributed by atoms with Crippen LogP contribution in [-0.2, 0) is 6.42 Å². The second-order valence-electron chi connectivity index (χ2n) is 4.37. The number of aromatic hydroxyl groups is 1. The van der Waals surface area contributed by atoms with Gasteiger partial charge in [0, 0.05) is 18.4 Å². The highest BCUT2D eigenvalue weighted by atomic mass is 16.3. The molecule has 0 aliphatic heterocycles. The number of phenolic OH excluding ortho intramolecular Hbond substituents is 1. The van der Waals surface area contributed by atoms with E-state index in [9.17, 15) is 5.11 Å². The molecule has 2 N–H and O–H groups in total. The second kappa shape index (κ2) is 6.17. The van der Waals surface area contributed by atoms with E-state index in [0.29, 0.717) is 11.8 Å². The van der Waals surface area contributed by atoms with Gasteiger partial charge in [-0.2, -0.15) is 0 Å². The molecule has 0 saturated heterocycles. The summed E-state index contributed by atoms with van der Waals surface area (Å²) in [4.78, 5) is 4.01. The monoisotopic (exact) mass is 242 g/mol.